The summed E-state index contributed by atoms with van der Waals surface area (Å²) >= 11 is 2.99. The second-order valence-corrected chi connectivity index (χ2v) is 11.1. The number of rotatable bonds is 5. The number of cyclic esters (lactones) is 1. The lowest BCUT2D eigenvalue weighted by Gasteiger charge is -2.27. The molecular weight excluding hydrogens is 400 g/mol. The Kier molecular flexibility index (Phi) is 5.66. The summed E-state index contributed by atoms with van der Waals surface area (Å²) in [5.41, 5.74) is -2.14. The Morgan fingerprint density at radius 3 is 2.68 bits per heavy atom. The molecule has 0 bridgehead atoms. The van der Waals surface area contributed by atoms with Gasteiger partial charge in [0.15, 0.2) is 0 Å². The Balaban J connectivity index is 1.83. The first kappa shape index (κ1) is 21.3. The molecule has 1 aromatic heterocycles. The third-order valence-corrected chi connectivity index (χ3v) is 6.85. The minimum Gasteiger partial charge on any atom is -0.459 e. The zero-order valence-corrected chi connectivity index (χ0v) is 18.5. The van der Waals surface area contributed by atoms with Gasteiger partial charge in [-0.2, -0.15) is 0 Å². The van der Waals surface area contributed by atoms with Crippen molar-refractivity contribution in [2.24, 2.45) is 4.99 Å². The number of thioether (sulfide) groups is 1. The van der Waals surface area contributed by atoms with Gasteiger partial charge in [0.25, 0.3) is 5.72 Å². The molecule has 0 aliphatic carbocycles. The van der Waals surface area contributed by atoms with Crippen LogP contribution in [-0.4, -0.2) is 52.4 Å². The number of nitrogens with zero attached hydrogens (tertiary/aromatic N) is 1. The van der Waals surface area contributed by atoms with Gasteiger partial charge in [0.05, 0.1) is 6.42 Å². The van der Waals surface area contributed by atoms with Crippen LogP contribution in [0.2, 0.25) is 0 Å². The highest BCUT2D eigenvalue weighted by molar-refractivity contribution is 8.01. The minimum atomic E-state index is -1.54. The molecule has 28 heavy (non-hydrogen) atoms. The first-order valence-electron chi connectivity index (χ1n) is 9.02. The number of hydrogen-bond acceptors (Lipinski definition) is 9. The molecule has 3 unspecified atom stereocenters. The zero-order chi connectivity index (χ0) is 20.7. The van der Waals surface area contributed by atoms with E-state index in [0.29, 0.717) is 12.3 Å². The van der Waals surface area contributed by atoms with Crippen LogP contribution in [0.3, 0.4) is 0 Å². The average Bonchev–Trinajstić information content (AvgIpc) is 3.24. The van der Waals surface area contributed by atoms with Crippen LogP contribution in [0.1, 0.15) is 39.5 Å². The monoisotopic (exact) mass is 426 g/mol. The number of esters is 2. The molecule has 7 nitrogen and oxygen atoms in total. The Morgan fingerprint density at radius 1 is 1.39 bits per heavy atom. The van der Waals surface area contributed by atoms with Crippen LogP contribution in [0.25, 0.3) is 0 Å². The van der Waals surface area contributed by atoms with Crippen LogP contribution in [-0.2, 0) is 30.2 Å². The third kappa shape index (κ3) is 4.12. The number of nitrogens with one attached hydrogen (secondary N) is 1. The van der Waals surface area contributed by atoms with Crippen LogP contribution < -0.4 is 5.32 Å². The van der Waals surface area contributed by atoms with Crippen LogP contribution in [0.4, 0.5) is 0 Å². The van der Waals surface area contributed by atoms with Crippen molar-refractivity contribution >= 4 is 40.9 Å². The molecule has 1 N–H and O–H groups in total. The summed E-state index contributed by atoms with van der Waals surface area (Å²) in [6, 6.07) is 3.28. The van der Waals surface area contributed by atoms with Gasteiger partial charge in [-0.05, 0) is 46.1 Å². The molecule has 2 aliphatic heterocycles. The zero-order valence-electron chi connectivity index (χ0n) is 16.9. The van der Waals surface area contributed by atoms with Crippen LogP contribution in [0.5, 0.6) is 0 Å². The maximum Gasteiger partial charge on any atom is 0.371 e. The maximum atomic E-state index is 12.7. The Hall–Kier alpha value is -1.42. The minimum absolute atomic E-state index is 0.315. The fourth-order valence-corrected chi connectivity index (χ4v) is 5.35. The first-order valence-corrected chi connectivity index (χ1v) is 10.8. The Labute approximate surface area is 173 Å². The first-order chi connectivity index (χ1) is 13.0. The van der Waals surface area contributed by atoms with Crippen LogP contribution in [0, 0.1) is 0 Å². The summed E-state index contributed by atoms with van der Waals surface area (Å²) in [5, 5.41) is 4.58. The molecule has 0 radical (unpaired) electrons. The number of thiophene rings is 1. The van der Waals surface area contributed by atoms with Crippen molar-refractivity contribution in [1.82, 2.24) is 5.32 Å². The highest BCUT2D eigenvalue weighted by Gasteiger charge is 2.60. The molecule has 1 saturated heterocycles. The van der Waals surface area contributed by atoms with E-state index in [-0.39, 0.29) is 5.97 Å². The molecule has 9 heteroatoms. The van der Waals surface area contributed by atoms with E-state index in [2.05, 4.69) is 10.3 Å². The second-order valence-electron chi connectivity index (χ2n) is 8.29. The van der Waals surface area contributed by atoms with E-state index < -0.39 is 33.5 Å². The lowest BCUT2D eigenvalue weighted by atomic mass is 10.0. The Bertz CT molecular complexity index is 785. The largest absolute Gasteiger partial charge is 0.459 e. The summed E-state index contributed by atoms with van der Waals surface area (Å²) in [6.45, 7) is 9.33. The van der Waals surface area contributed by atoms with Crippen LogP contribution in [0.15, 0.2) is 22.5 Å². The molecule has 2 aliphatic rings. The van der Waals surface area contributed by atoms with E-state index in [1.54, 1.807) is 11.3 Å². The van der Waals surface area contributed by atoms with Crippen molar-refractivity contribution in [3.63, 3.8) is 0 Å². The number of methoxy groups -OCH3 is 1. The number of hydrogen-bond donors (Lipinski definition) is 1. The summed E-state index contributed by atoms with van der Waals surface area (Å²) in [4.78, 5) is 31.0. The maximum absolute atomic E-state index is 12.7. The van der Waals surface area contributed by atoms with Crippen molar-refractivity contribution in [2.45, 2.75) is 68.5 Å². The molecule has 0 saturated carbocycles. The SMILES string of the molecule is COC1(C2NC(C(=O)OC(C)(C)C)C(C)(C)S2)N=C(Cc2cccs2)OC1=O. The number of aliphatic imine (C=N–C) groups is 1. The van der Waals surface area contributed by atoms with Crippen molar-refractivity contribution in [1.29, 1.82) is 0 Å². The average molecular weight is 427 g/mol. The van der Waals surface area contributed by atoms with E-state index in [9.17, 15) is 9.59 Å². The van der Waals surface area contributed by atoms with Gasteiger partial charge < -0.3 is 14.2 Å². The fourth-order valence-electron chi connectivity index (χ4n) is 3.14. The standard InChI is InChI=1S/C19H26N2O5S2/c1-17(2,3)26-14(22)13-18(4,5)28-15(20-13)19(24-6)16(23)25-12(21-19)10-11-8-7-9-27-11/h7-9,13,15,20H,10H2,1-6H3. The fraction of sp³-hybridized carbons (Fsp3) is 0.632. The summed E-state index contributed by atoms with van der Waals surface area (Å²) in [6.07, 6.45) is 0.421. The second kappa shape index (κ2) is 7.44. The number of carbonyl (C=O) groups is 2. The molecule has 0 spiro atoms. The highest BCUT2D eigenvalue weighted by atomic mass is 32.2. The molecule has 3 atom stereocenters. The van der Waals surface area contributed by atoms with Gasteiger partial charge in [0.2, 0.25) is 5.90 Å². The van der Waals surface area contributed by atoms with E-state index in [0.717, 1.165) is 4.88 Å². The predicted octanol–water partition coefficient (Wildman–Crippen LogP) is 2.74. The van der Waals surface area contributed by atoms with E-state index in [1.807, 2.05) is 52.1 Å². The highest BCUT2D eigenvalue weighted by Crippen LogP contribution is 2.45. The van der Waals surface area contributed by atoms with Gasteiger partial charge in [0.1, 0.15) is 17.0 Å². The van der Waals surface area contributed by atoms with E-state index >= 15 is 0 Å². The molecule has 0 aromatic carbocycles. The van der Waals surface area contributed by atoms with Crippen molar-refractivity contribution < 1.29 is 23.8 Å². The summed E-state index contributed by atoms with van der Waals surface area (Å²) in [7, 11) is 1.43. The van der Waals surface area contributed by atoms with Crippen LogP contribution >= 0.6 is 23.1 Å². The number of ether oxygens (including phenoxy) is 3. The molecule has 3 heterocycles. The van der Waals surface area contributed by atoms with Crippen molar-refractivity contribution in [3.8, 4) is 0 Å². The van der Waals surface area contributed by atoms with Gasteiger partial charge in [0, 0.05) is 16.7 Å². The van der Waals surface area contributed by atoms with Crippen molar-refractivity contribution in [2.75, 3.05) is 7.11 Å². The summed E-state index contributed by atoms with van der Waals surface area (Å²) in [5.74, 6) is -0.629. The molecule has 154 valence electrons. The Morgan fingerprint density at radius 2 is 2.11 bits per heavy atom. The van der Waals surface area contributed by atoms with Gasteiger partial charge in [-0.3, -0.25) is 10.1 Å². The quantitative estimate of drug-likeness (QED) is 0.725. The van der Waals surface area contributed by atoms with Crippen molar-refractivity contribution in [3.05, 3.63) is 22.4 Å². The molecular formula is C19H26N2O5S2. The normalized spacial score (nSPS) is 29.5. The summed E-state index contributed by atoms with van der Waals surface area (Å²) < 4.78 is 16.0. The number of carbonyl (C=O) groups excluding carboxylic acids is 2. The lowest BCUT2D eigenvalue weighted by Crippen LogP contribution is -2.54. The molecule has 3 rings (SSSR count). The van der Waals surface area contributed by atoms with E-state index in [1.165, 1.54) is 18.9 Å². The molecule has 0 amide bonds. The lowest BCUT2D eigenvalue weighted by molar-refractivity contribution is -0.161. The third-order valence-electron chi connectivity index (χ3n) is 4.44. The van der Waals surface area contributed by atoms with Gasteiger partial charge in [-0.15, -0.1) is 23.1 Å². The van der Waals surface area contributed by atoms with Gasteiger partial charge in [-0.25, -0.2) is 9.79 Å². The predicted molar refractivity (Wildman–Crippen MR) is 110 cm³/mol. The molecule has 1 fully saturated rings. The topological polar surface area (TPSA) is 86.2 Å². The van der Waals surface area contributed by atoms with E-state index in [4.69, 9.17) is 14.2 Å². The smallest absolute Gasteiger partial charge is 0.371 e. The molecule has 1 aromatic rings. The van der Waals surface area contributed by atoms with Gasteiger partial charge >= 0.3 is 11.9 Å². The van der Waals surface area contributed by atoms with Gasteiger partial charge in [-0.1, -0.05) is 6.07 Å².